The molecule has 5 rings (SSSR count). The zero-order chi connectivity index (χ0) is 18.2. The van der Waals surface area contributed by atoms with E-state index in [1.54, 1.807) is 12.3 Å². The fraction of sp³-hybridized carbons (Fsp3) is 0.421. The maximum Gasteiger partial charge on any atom is 0.178 e. The van der Waals surface area contributed by atoms with Crippen LogP contribution in [0.1, 0.15) is 36.6 Å². The maximum absolute atomic E-state index is 9.32. The van der Waals surface area contributed by atoms with Crippen LogP contribution in [0.3, 0.4) is 0 Å². The topological polar surface area (TPSA) is 86.2 Å². The van der Waals surface area contributed by atoms with Crippen molar-refractivity contribution in [3.8, 4) is 6.07 Å². The van der Waals surface area contributed by atoms with Crippen molar-refractivity contribution in [2.75, 3.05) is 36.0 Å². The van der Waals surface area contributed by atoms with Gasteiger partial charge in [-0.2, -0.15) is 9.78 Å². The third-order valence-electron chi connectivity index (χ3n) is 5.52. The summed E-state index contributed by atoms with van der Waals surface area (Å²) in [5, 5.41) is 22.8. The molecule has 0 amide bonds. The fourth-order valence-corrected chi connectivity index (χ4v) is 3.85. The smallest absolute Gasteiger partial charge is 0.178 e. The van der Waals surface area contributed by atoms with Gasteiger partial charge in [0.05, 0.1) is 5.56 Å². The number of nitriles is 1. The Morgan fingerprint density at radius 1 is 1.00 bits per heavy atom. The van der Waals surface area contributed by atoms with E-state index in [0.29, 0.717) is 11.5 Å². The summed E-state index contributed by atoms with van der Waals surface area (Å²) in [4.78, 5) is 8.88. The van der Waals surface area contributed by atoms with Crippen LogP contribution in [0.4, 0.5) is 11.6 Å². The van der Waals surface area contributed by atoms with Gasteiger partial charge in [0, 0.05) is 38.3 Å². The Morgan fingerprint density at radius 3 is 2.59 bits per heavy atom. The summed E-state index contributed by atoms with van der Waals surface area (Å²) in [7, 11) is 0. The molecule has 2 fully saturated rings. The van der Waals surface area contributed by atoms with E-state index < -0.39 is 0 Å². The van der Waals surface area contributed by atoms with Gasteiger partial charge in [0.15, 0.2) is 11.5 Å². The molecule has 136 valence electrons. The van der Waals surface area contributed by atoms with Crippen molar-refractivity contribution >= 4 is 17.3 Å². The Hall–Kier alpha value is -3.21. The standard InChI is InChI=1S/C19H20N8/c20-13-15-3-1-8-21-18(15)26-11-6-14(7-12-26)19-23-22-16-4-5-17(24-27(16)19)25-9-2-10-25/h1,3-5,8,14H,2,6-7,9-12H2. The van der Waals surface area contributed by atoms with E-state index in [1.807, 2.05) is 22.7 Å². The monoisotopic (exact) mass is 360 g/mol. The first kappa shape index (κ1) is 16.0. The van der Waals surface area contributed by atoms with Gasteiger partial charge in [-0.1, -0.05) is 0 Å². The van der Waals surface area contributed by atoms with E-state index in [4.69, 9.17) is 5.10 Å². The number of aromatic nitrogens is 5. The van der Waals surface area contributed by atoms with Crippen LogP contribution in [-0.2, 0) is 0 Å². The minimum Gasteiger partial charge on any atom is -0.355 e. The third kappa shape index (κ3) is 2.76. The molecular weight excluding hydrogens is 340 g/mol. The first-order chi connectivity index (χ1) is 13.3. The molecule has 3 aromatic heterocycles. The van der Waals surface area contributed by atoms with Crippen LogP contribution in [0, 0.1) is 11.3 Å². The molecule has 5 heterocycles. The van der Waals surface area contributed by atoms with Crippen molar-refractivity contribution in [2.45, 2.75) is 25.2 Å². The molecule has 0 aromatic carbocycles. The van der Waals surface area contributed by atoms with Crippen LogP contribution in [0.2, 0.25) is 0 Å². The highest BCUT2D eigenvalue weighted by atomic mass is 15.4. The summed E-state index contributed by atoms with van der Waals surface area (Å²) in [6, 6.07) is 9.89. The number of rotatable bonds is 3. The van der Waals surface area contributed by atoms with Crippen LogP contribution in [-0.4, -0.2) is 51.0 Å². The summed E-state index contributed by atoms with van der Waals surface area (Å²) in [6.45, 7) is 3.83. The van der Waals surface area contributed by atoms with Crippen molar-refractivity contribution < 1.29 is 0 Å². The summed E-state index contributed by atoms with van der Waals surface area (Å²) >= 11 is 0. The van der Waals surface area contributed by atoms with E-state index in [1.165, 1.54) is 6.42 Å². The first-order valence-electron chi connectivity index (χ1n) is 9.41. The molecule has 2 aliphatic heterocycles. The van der Waals surface area contributed by atoms with Gasteiger partial charge in [0.1, 0.15) is 17.7 Å². The molecule has 0 spiro atoms. The zero-order valence-corrected chi connectivity index (χ0v) is 15.0. The van der Waals surface area contributed by atoms with Crippen molar-refractivity contribution in [2.24, 2.45) is 0 Å². The number of nitrogens with zero attached hydrogens (tertiary/aromatic N) is 8. The third-order valence-corrected chi connectivity index (χ3v) is 5.52. The van der Waals surface area contributed by atoms with Gasteiger partial charge in [0.25, 0.3) is 0 Å². The number of fused-ring (bicyclic) bond motifs is 1. The zero-order valence-electron chi connectivity index (χ0n) is 15.0. The lowest BCUT2D eigenvalue weighted by Gasteiger charge is -2.33. The summed E-state index contributed by atoms with van der Waals surface area (Å²) in [5.74, 6) is 3.03. The Bertz CT molecular complexity index is 1010. The molecule has 0 radical (unpaired) electrons. The second-order valence-corrected chi connectivity index (χ2v) is 7.11. The van der Waals surface area contributed by atoms with Gasteiger partial charge in [-0.25, -0.2) is 4.98 Å². The molecule has 3 aromatic rings. The highest BCUT2D eigenvalue weighted by Gasteiger charge is 2.27. The molecule has 2 saturated heterocycles. The van der Waals surface area contributed by atoms with E-state index >= 15 is 0 Å². The second kappa shape index (κ2) is 6.50. The van der Waals surface area contributed by atoms with Crippen LogP contribution >= 0.6 is 0 Å². The summed E-state index contributed by atoms with van der Waals surface area (Å²) in [6.07, 6.45) is 4.86. The quantitative estimate of drug-likeness (QED) is 0.706. The highest BCUT2D eigenvalue weighted by molar-refractivity contribution is 5.54. The molecule has 0 saturated carbocycles. The van der Waals surface area contributed by atoms with E-state index in [2.05, 4.69) is 31.1 Å². The molecule has 2 aliphatic rings. The minimum atomic E-state index is 0.310. The second-order valence-electron chi connectivity index (χ2n) is 7.11. The molecule has 0 aliphatic carbocycles. The largest absolute Gasteiger partial charge is 0.355 e. The van der Waals surface area contributed by atoms with Crippen molar-refractivity contribution in [1.82, 2.24) is 24.8 Å². The van der Waals surface area contributed by atoms with Crippen molar-refractivity contribution in [3.63, 3.8) is 0 Å². The molecule has 8 heteroatoms. The Morgan fingerprint density at radius 2 is 1.85 bits per heavy atom. The van der Waals surface area contributed by atoms with E-state index in [-0.39, 0.29) is 0 Å². The van der Waals surface area contributed by atoms with Crippen LogP contribution in [0.15, 0.2) is 30.5 Å². The molecular formula is C19H20N8. The average molecular weight is 360 g/mol. The Labute approximate surface area is 157 Å². The molecule has 0 bridgehead atoms. The average Bonchev–Trinajstić information content (AvgIpc) is 3.10. The number of hydrogen-bond acceptors (Lipinski definition) is 7. The molecule has 8 nitrogen and oxygen atoms in total. The van der Waals surface area contributed by atoms with Gasteiger partial charge in [-0.3, -0.25) is 0 Å². The maximum atomic E-state index is 9.32. The number of pyridine rings is 1. The molecule has 27 heavy (non-hydrogen) atoms. The fourth-order valence-electron chi connectivity index (χ4n) is 3.85. The van der Waals surface area contributed by atoms with Gasteiger partial charge >= 0.3 is 0 Å². The highest BCUT2D eigenvalue weighted by Crippen LogP contribution is 2.30. The number of piperidine rings is 1. The normalized spacial score (nSPS) is 17.7. The SMILES string of the molecule is N#Cc1cccnc1N1CCC(c2nnc3ccc(N4CCC4)nn23)CC1. The molecule has 0 unspecified atom stereocenters. The summed E-state index contributed by atoms with van der Waals surface area (Å²) < 4.78 is 1.91. The molecule has 0 N–H and O–H groups in total. The summed E-state index contributed by atoms with van der Waals surface area (Å²) in [5.41, 5.74) is 1.43. The Kier molecular flexibility index (Phi) is 3.85. The van der Waals surface area contributed by atoms with Gasteiger partial charge in [-0.15, -0.1) is 15.3 Å². The lowest BCUT2D eigenvalue weighted by molar-refractivity contribution is 0.474. The van der Waals surface area contributed by atoms with Gasteiger partial charge in [-0.05, 0) is 43.5 Å². The van der Waals surface area contributed by atoms with Gasteiger partial charge in [0.2, 0.25) is 0 Å². The number of anilines is 2. The lowest BCUT2D eigenvalue weighted by atomic mass is 9.96. The minimum absolute atomic E-state index is 0.310. The predicted molar refractivity (Wildman–Crippen MR) is 101 cm³/mol. The van der Waals surface area contributed by atoms with Crippen molar-refractivity contribution in [1.29, 1.82) is 5.26 Å². The van der Waals surface area contributed by atoms with Crippen LogP contribution < -0.4 is 9.80 Å². The van der Waals surface area contributed by atoms with Crippen molar-refractivity contribution in [3.05, 3.63) is 41.9 Å². The Balaban J connectivity index is 1.37. The molecule has 0 atom stereocenters. The van der Waals surface area contributed by atoms with E-state index in [9.17, 15) is 5.26 Å². The first-order valence-corrected chi connectivity index (χ1v) is 9.41. The van der Waals surface area contributed by atoms with Crippen LogP contribution in [0.25, 0.3) is 5.65 Å². The lowest BCUT2D eigenvalue weighted by Crippen LogP contribution is -2.38. The van der Waals surface area contributed by atoms with Crippen LogP contribution in [0.5, 0.6) is 0 Å². The van der Waals surface area contributed by atoms with E-state index in [0.717, 1.165) is 62.1 Å². The predicted octanol–water partition coefficient (Wildman–Crippen LogP) is 1.99. The number of hydrogen-bond donors (Lipinski definition) is 0. The van der Waals surface area contributed by atoms with Gasteiger partial charge < -0.3 is 9.80 Å².